The Morgan fingerprint density at radius 3 is 2.05 bits per heavy atom. The van der Waals surface area contributed by atoms with Gasteiger partial charge in [-0.1, -0.05) is 152 Å². The molecule has 58 heavy (non-hydrogen) atoms. The first-order chi connectivity index (χ1) is 28.6. The van der Waals surface area contributed by atoms with Crippen molar-refractivity contribution in [2.45, 2.75) is 24.7 Å². The Labute approximate surface area is 339 Å². The van der Waals surface area contributed by atoms with E-state index in [1.54, 1.807) is 0 Å². The molecule has 0 aromatic heterocycles. The lowest BCUT2D eigenvalue weighted by Crippen LogP contribution is -2.44. The highest BCUT2D eigenvalue weighted by atomic mass is 15.3. The van der Waals surface area contributed by atoms with Gasteiger partial charge < -0.3 is 16.0 Å². The topological polar surface area (TPSA) is 60.5 Å². The summed E-state index contributed by atoms with van der Waals surface area (Å²) in [4.78, 5) is 5.41. The van der Waals surface area contributed by atoms with Crippen molar-refractivity contribution in [3.8, 4) is 33.4 Å². The largest absolute Gasteiger partial charge is 0.379 e. The maximum absolute atomic E-state index is 5.41. The lowest BCUT2D eigenvalue weighted by molar-refractivity contribution is 0.409. The molecule has 7 aromatic carbocycles. The molecule has 0 saturated carbocycles. The average molecular weight is 750 g/mol. The van der Waals surface area contributed by atoms with Crippen LogP contribution in [0.1, 0.15) is 63.8 Å². The molecule has 5 heteroatoms. The Morgan fingerprint density at radius 2 is 1.22 bits per heavy atom. The van der Waals surface area contributed by atoms with Crippen molar-refractivity contribution >= 4 is 29.4 Å². The highest BCUT2D eigenvalue weighted by molar-refractivity contribution is 6.00. The fourth-order valence-corrected chi connectivity index (χ4v) is 9.51. The number of rotatable bonds is 6. The van der Waals surface area contributed by atoms with E-state index in [9.17, 15) is 0 Å². The second kappa shape index (κ2) is 13.9. The van der Waals surface area contributed by atoms with E-state index in [-0.39, 0.29) is 17.7 Å². The molecule has 4 aliphatic rings. The average Bonchev–Trinajstić information content (AvgIpc) is 3.57. The van der Waals surface area contributed by atoms with Crippen LogP contribution in [0.4, 0.5) is 11.4 Å². The minimum atomic E-state index is -0.319. The molecule has 3 unspecified atom stereocenters. The van der Waals surface area contributed by atoms with Gasteiger partial charge in [0.05, 0.1) is 11.4 Å². The Bertz CT molecular complexity index is 2800. The molecule has 0 bridgehead atoms. The first kappa shape index (κ1) is 34.3. The Balaban J connectivity index is 1.12. The smallest absolute Gasteiger partial charge is 0.131 e. The molecule has 7 aromatic rings. The van der Waals surface area contributed by atoms with Crippen molar-refractivity contribution in [3.05, 3.63) is 214 Å². The molecule has 3 atom stereocenters. The van der Waals surface area contributed by atoms with E-state index >= 15 is 0 Å². The second-order valence-electron chi connectivity index (χ2n) is 15.8. The molecule has 1 aliphatic carbocycles. The van der Waals surface area contributed by atoms with Gasteiger partial charge in [-0.05, 0) is 98.5 Å². The van der Waals surface area contributed by atoms with Gasteiger partial charge in [-0.15, -0.1) is 0 Å². The van der Waals surface area contributed by atoms with Gasteiger partial charge in [0.15, 0.2) is 0 Å². The summed E-state index contributed by atoms with van der Waals surface area (Å²) >= 11 is 0. The van der Waals surface area contributed by atoms with E-state index in [1.807, 2.05) is 0 Å². The number of hydrogen-bond acceptors (Lipinski definition) is 5. The van der Waals surface area contributed by atoms with E-state index < -0.39 is 0 Å². The third-order valence-electron chi connectivity index (χ3n) is 12.4. The second-order valence-corrected chi connectivity index (χ2v) is 15.8. The van der Waals surface area contributed by atoms with Crippen molar-refractivity contribution in [2.24, 2.45) is 4.99 Å². The van der Waals surface area contributed by atoms with Gasteiger partial charge in [-0.25, -0.2) is 4.99 Å². The number of nitrogens with zero attached hydrogens (tertiary/aromatic N) is 1. The van der Waals surface area contributed by atoms with Crippen LogP contribution < -0.4 is 21.3 Å². The normalized spacial score (nSPS) is 19.7. The summed E-state index contributed by atoms with van der Waals surface area (Å²) in [6.45, 7) is 4.00. The van der Waals surface area contributed by atoms with Crippen LogP contribution in [0.5, 0.6) is 0 Å². The van der Waals surface area contributed by atoms with Crippen molar-refractivity contribution in [1.82, 2.24) is 10.6 Å². The van der Waals surface area contributed by atoms with Gasteiger partial charge in [0.1, 0.15) is 18.2 Å². The minimum absolute atomic E-state index is 0.141. The Hall–Kier alpha value is -6.95. The molecule has 0 radical (unpaired) electrons. The van der Waals surface area contributed by atoms with Gasteiger partial charge >= 0.3 is 0 Å². The van der Waals surface area contributed by atoms with Gasteiger partial charge in [-0.2, -0.15) is 0 Å². The summed E-state index contributed by atoms with van der Waals surface area (Å²) in [5.74, 6) is 0.869. The van der Waals surface area contributed by atoms with E-state index in [1.165, 1.54) is 55.8 Å². The zero-order valence-electron chi connectivity index (χ0n) is 32.3. The SMILES string of the molecule is CC1(c2ccccc2)c2ccccc2-c2cc(-c3cc(-c4cc5c(c6c4C=CCN6)NCC=C5)cc(C4N=C(c5ccccc5)NC(c5ccccc5)N4)c3)ccc21. The predicted octanol–water partition coefficient (Wildman–Crippen LogP) is 11.6. The number of aliphatic imine (C=N–C) groups is 1. The maximum atomic E-state index is 5.41. The van der Waals surface area contributed by atoms with Crippen LogP contribution in [-0.4, -0.2) is 18.9 Å². The van der Waals surface area contributed by atoms with E-state index in [0.717, 1.165) is 52.4 Å². The summed E-state index contributed by atoms with van der Waals surface area (Å²) in [5, 5.41) is 15.0. The van der Waals surface area contributed by atoms with Crippen LogP contribution in [0.25, 0.3) is 45.5 Å². The lowest BCUT2D eigenvalue weighted by atomic mass is 9.74. The molecule has 11 rings (SSSR count). The number of nitrogens with one attached hydrogen (secondary N) is 4. The van der Waals surface area contributed by atoms with Gasteiger partial charge in [0.25, 0.3) is 0 Å². The first-order valence-corrected chi connectivity index (χ1v) is 20.3. The number of anilines is 2. The summed E-state index contributed by atoms with van der Waals surface area (Å²) in [7, 11) is 0. The third-order valence-corrected chi connectivity index (χ3v) is 12.4. The molecule has 5 nitrogen and oxygen atoms in total. The summed E-state index contributed by atoms with van der Waals surface area (Å²) in [6.07, 6.45) is 8.49. The quantitative estimate of drug-likeness (QED) is 0.137. The third kappa shape index (κ3) is 5.69. The number of fused-ring (bicyclic) bond motifs is 6. The van der Waals surface area contributed by atoms with Crippen LogP contribution >= 0.6 is 0 Å². The van der Waals surface area contributed by atoms with Gasteiger partial charge in [0.2, 0.25) is 0 Å². The first-order valence-electron chi connectivity index (χ1n) is 20.3. The van der Waals surface area contributed by atoms with Crippen LogP contribution in [0.15, 0.2) is 175 Å². The standard InChI is InChI=1S/C53H43N5/c1-53(41-20-9-4-10-21-41)46-24-12-11-22-42(46)45-32-36(25-26-47(45)53)38-29-39(44-33-37-19-13-27-54-48(37)49-43(44)23-14-28-55-49)31-40(30-38)52-57-50(34-15-5-2-6-16-34)56-51(58-52)35-17-7-3-8-18-35/h2-26,29-33,50,52,54-55,57H,27-28H2,1H3,(H,56,58). The Kier molecular flexibility index (Phi) is 8.23. The van der Waals surface area contributed by atoms with E-state index in [0.29, 0.717) is 0 Å². The predicted molar refractivity (Wildman–Crippen MR) is 241 cm³/mol. The van der Waals surface area contributed by atoms with Crippen molar-refractivity contribution in [3.63, 3.8) is 0 Å². The fraction of sp³-hybridized carbons (Fsp3) is 0.113. The Morgan fingerprint density at radius 1 is 0.534 bits per heavy atom. The van der Waals surface area contributed by atoms with Crippen LogP contribution in [0.3, 0.4) is 0 Å². The molecule has 3 aliphatic heterocycles. The molecule has 4 N–H and O–H groups in total. The summed E-state index contributed by atoms with van der Waals surface area (Å²) < 4.78 is 0. The fourth-order valence-electron chi connectivity index (χ4n) is 9.51. The number of hydrogen-bond donors (Lipinski definition) is 4. The molecule has 280 valence electrons. The molecule has 0 amide bonds. The van der Waals surface area contributed by atoms with Crippen LogP contribution in [0, 0.1) is 0 Å². The van der Waals surface area contributed by atoms with Crippen LogP contribution in [0.2, 0.25) is 0 Å². The van der Waals surface area contributed by atoms with E-state index in [2.05, 4.69) is 210 Å². The van der Waals surface area contributed by atoms with Crippen molar-refractivity contribution < 1.29 is 0 Å². The van der Waals surface area contributed by atoms with Gasteiger partial charge in [-0.3, -0.25) is 5.32 Å². The van der Waals surface area contributed by atoms with Gasteiger partial charge in [0, 0.05) is 35.2 Å². The molecule has 0 fully saturated rings. The number of amidine groups is 1. The molecular weight excluding hydrogens is 707 g/mol. The zero-order valence-corrected chi connectivity index (χ0v) is 32.3. The molecule has 0 saturated heterocycles. The summed E-state index contributed by atoms with van der Waals surface area (Å²) in [5.41, 5.74) is 19.0. The zero-order chi connectivity index (χ0) is 38.6. The monoisotopic (exact) mass is 749 g/mol. The van der Waals surface area contributed by atoms with Crippen molar-refractivity contribution in [1.29, 1.82) is 0 Å². The highest BCUT2D eigenvalue weighted by Crippen LogP contribution is 2.53. The summed E-state index contributed by atoms with van der Waals surface area (Å²) in [6, 6.07) is 57.5. The number of benzene rings is 7. The maximum Gasteiger partial charge on any atom is 0.131 e. The lowest BCUT2D eigenvalue weighted by Gasteiger charge is -2.32. The van der Waals surface area contributed by atoms with Crippen molar-refractivity contribution in [2.75, 3.05) is 23.7 Å². The highest BCUT2D eigenvalue weighted by Gasteiger charge is 2.40. The molecular formula is C53H43N5. The molecule has 0 spiro atoms. The minimum Gasteiger partial charge on any atom is -0.379 e. The van der Waals surface area contributed by atoms with E-state index in [4.69, 9.17) is 4.99 Å². The molecule has 3 heterocycles. The van der Waals surface area contributed by atoms with Crippen LogP contribution in [-0.2, 0) is 5.41 Å².